The lowest BCUT2D eigenvalue weighted by molar-refractivity contribution is -0.258. The van der Waals surface area contributed by atoms with Crippen molar-refractivity contribution in [3.05, 3.63) is 47.3 Å². The standard InChI is InChI=1S/C25H33F3N4O4S2/c1-17(2)22-23(33)29-10-11-30(22)15-20-16-31(38(35,36)21-5-4-14-37-21)12-13-32(20)19-8-6-18(7-9-19)24(3,34)25(26,27)28/h4-9,14,17,20,22,34H,10-13,15-16H2,1-3H3,(H,29,33)/t20-,22?,24?/m0/s1. The molecule has 38 heavy (non-hydrogen) atoms. The highest BCUT2D eigenvalue weighted by Crippen LogP contribution is 2.39. The number of hydrogen-bond donors (Lipinski definition) is 2. The van der Waals surface area contributed by atoms with Crippen molar-refractivity contribution in [2.24, 2.45) is 5.92 Å². The number of benzene rings is 1. The molecule has 0 bridgehead atoms. The average Bonchev–Trinajstić information content (AvgIpc) is 3.39. The fourth-order valence-electron chi connectivity index (χ4n) is 5.15. The highest BCUT2D eigenvalue weighted by atomic mass is 32.2. The van der Waals surface area contributed by atoms with Crippen molar-refractivity contribution in [3.63, 3.8) is 0 Å². The molecule has 13 heteroatoms. The van der Waals surface area contributed by atoms with Crippen LogP contribution in [0.15, 0.2) is 46.0 Å². The van der Waals surface area contributed by atoms with Crippen LogP contribution in [0.5, 0.6) is 0 Å². The molecule has 0 radical (unpaired) electrons. The molecule has 1 aromatic heterocycles. The first kappa shape index (κ1) is 28.8. The summed E-state index contributed by atoms with van der Waals surface area (Å²) in [6.45, 7) is 6.78. The quantitative estimate of drug-likeness (QED) is 0.529. The number of hydrogen-bond acceptors (Lipinski definition) is 7. The first-order chi connectivity index (χ1) is 17.7. The van der Waals surface area contributed by atoms with Crippen LogP contribution in [0.25, 0.3) is 0 Å². The Kier molecular flexibility index (Phi) is 8.16. The Hall–Kier alpha value is -2.19. The lowest BCUT2D eigenvalue weighted by Crippen LogP contribution is -2.63. The fourth-order valence-corrected chi connectivity index (χ4v) is 7.77. The first-order valence-corrected chi connectivity index (χ1v) is 14.8. The van der Waals surface area contributed by atoms with E-state index < -0.39 is 21.8 Å². The topological polar surface area (TPSA) is 93.2 Å². The lowest BCUT2D eigenvalue weighted by Gasteiger charge is -2.46. The van der Waals surface area contributed by atoms with E-state index in [1.54, 1.807) is 17.5 Å². The number of aliphatic hydroxyl groups is 1. The van der Waals surface area contributed by atoms with Gasteiger partial charge in [-0.25, -0.2) is 8.42 Å². The molecule has 3 heterocycles. The smallest absolute Gasteiger partial charge is 0.376 e. The van der Waals surface area contributed by atoms with Gasteiger partial charge in [-0.1, -0.05) is 32.0 Å². The number of anilines is 1. The molecular formula is C25H33F3N4O4S2. The number of sulfonamides is 1. The van der Waals surface area contributed by atoms with Crippen LogP contribution in [0.4, 0.5) is 18.9 Å². The zero-order valence-electron chi connectivity index (χ0n) is 21.5. The maximum absolute atomic E-state index is 13.3. The third-order valence-corrected chi connectivity index (χ3v) is 10.5. The third kappa shape index (κ3) is 5.57. The van der Waals surface area contributed by atoms with Crippen LogP contribution >= 0.6 is 11.3 Å². The minimum absolute atomic E-state index is 0.0298. The number of rotatable bonds is 7. The van der Waals surface area contributed by atoms with Gasteiger partial charge in [0.1, 0.15) is 4.21 Å². The van der Waals surface area contributed by atoms with Crippen LogP contribution in [0.2, 0.25) is 0 Å². The second-order valence-corrected chi connectivity index (χ2v) is 13.3. The molecule has 8 nitrogen and oxygen atoms in total. The predicted octanol–water partition coefficient (Wildman–Crippen LogP) is 2.85. The van der Waals surface area contributed by atoms with Gasteiger partial charge in [-0.3, -0.25) is 9.69 Å². The number of carbonyl (C=O) groups excluding carboxylic acids is 1. The number of alkyl halides is 3. The zero-order valence-corrected chi connectivity index (χ0v) is 23.1. The molecule has 4 rings (SSSR count). The molecule has 210 valence electrons. The molecule has 0 spiro atoms. The molecular weight excluding hydrogens is 541 g/mol. The van der Waals surface area contributed by atoms with Crippen molar-refractivity contribution in [2.75, 3.05) is 44.2 Å². The molecule has 2 aromatic rings. The molecule has 3 atom stereocenters. The molecule has 2 N–H and O–H groups in total. The monoisotopic (exact) mass is 574 g/mol. The third-order valence-electron chi connectivity index (χ3n) is 7.28. The summed E-state index contributed by atoms with van der Waals surface area (Å²) in [6, 6.07) is 8.06. The SMILES string of the molecule is CC(C)C1C(=O)NCCN1C[C@H]1CN(S(=O)(=O)c2cccs2)CCN1c1ccc(C(C)(O)C(F)(F)F)cc1. The van der Waals surface area contributed by atoms with Gasteiger partial charge in [0.25, 0.3) is 10.0 Å². The van der Waals surface area contributed by atoms with Gasteiger partial charge in [-0.15, -0.1) is 11.3 Å². The van der Waals surface area contributed by atoms with E-state index in [1.807, 2.05) is 18.7 Å². The van der Waals surface area contributed by atoms with Crippen molar-refractivity contribution in [1.82, 2.24) is 14.5 Å². The van der Waals surface area contributed by atoms with E-state index in [9.17, 15) is 31.5 Å². The molecule has 0 saturated carbocycles. The van der Waals surface area contributed by atoms with E-state index in [1.165, 1.54) is 28.6 Å². The highest BCUT2D eigenvalue weighted by molar-refractivity contribution is 7.91. The van der Waals surface area contributed by atoms with Gasteiger partial charge < -0.3 is 15.3 Å². The van der Waals surface area contributed by atoms with E-state index in [4.69, 9.17) is 0 Å². The molecule has 1 aromatic carbocycles. The van der Waals surface area contributed by atoms with Crippen LogP contribution in [0.1, 0.15) is 26.3 Å². The number of nitrogens with zero attached hydrogens (tertiary/aromatic N) is 3. The van der Waals surface area contributed by atoms with Crippen molar-refractivity contribution in [1.29, 1.82) is 0 Å². The lowest BCUT2D eigenvalue weighted by atomic mass is 9.95. The molecule has 2 aliphatic heterocycles. The highest BCUT2D eigenvalue weighted by Gasteiger charge is 2.51. The number of amides is 1. The first-order valence-electron chi connectivity index (χ1n) is 12.4. The van der Waals surface area contributed by atoms with Crippen LogP contribution < -0.4 is 10.2 Å². The van der Waals surface area contributed by atoms with Crippen molar-refractivity contribution < 1.29 is 31.5 Å². The summed E-state index contributed by atoms with van der Waals surface area (Å²) in [6.07, 6.45) is -4.83. The van der Waals surface area contributed by atoms with Crippen LogP contribution in [-0.4, -0.2) is 86.2 Å². The second kappa shape index (κ2) is 10.8. The van der Waals surface area contributed by atoms with Gasteiger partial charge in [0, 0.05) is 45.0 Å². The fraction of sp³-hybridized carbons (Fsp3) is 0.560. The Balaban J connectivity index is 1.64. The van der Waals surface area contributed by atoms with E-state index >= 15 is 0 Å². The molecule has 2 saturated heterocycles. The Morgan fingerprint density at radius 1 is 1.13 bits per heavy atom. The van der Waals surface area contributed by atoms with Gasteiger partial charge in [0.15, 0.2) is 5.60 Å². The maximum Gasteiger partial charge on any atom is 0.421 e. The summed E-state index contributed by atoms with van der Waals surface area (Å²) in [5, 5.41) is 14.7. The largest absolute Gasteiger partial charge is 0.421 e. The molecule has 2 aliphatic rings. The normalized spacial score (nSPS) is 23.9. The van der Waals surface area contributed by atoms with Crippen molar-refractivity contribution >= 4 is 33.0 Å². The van der Waals surface area contributed by atoms with Crippen molar-refractivity contribution in [3.8, 4) is 0 Å². The number of carbonyl (C=O) groups is 1. The molecule has 2 fully saturated rings. The van der Waals surface area contributed by atoms with Gasteiger partial charge in [-0.05, 0) is 42.0 Å². The van der Waals surface area contributed by atoms with Crippen LogP contribution in [0.3, 0.4) is 0 Å². The Labute approximate surface area is 225 Å². The molecule has 0 aliphatic carbocycles. The van der Waals surface area contributed by atoms with E-state index in [2.05, 4.69) is 10.2 Å². The van der Waals surface area contributed by atoms with E-state index in [0.29, 0.717) is 38.8 Å². The minimum Gasteiger partial charge on any atom is -0.376 e. The number of piperazine rings is 2. The predicted molar refractivity (Wildman–Crippen MR) is 139 cm³/mol. The number of nitrogens with one attached hydrogen (secondary N) is 1. The maximum atomic E-state index is 13.3. The summed E-state index contributed by atoms with van der Waals surface area (Å²) in [4.78, 5) is 16.7. The van der Waals surface area contributed by atoms with Gasteiger partial charge in [0.05, 0.1) is 12.1 Å². The van der Waals surface area contributed by atoms with Crippen molar-refractivity contribution in [2.45, 2.75) is 48.8 Å². The Morgan fingerprint density at radius 3 is 2.39 bits per heavy atom. The van der Waals surface area contributed by atoms with Crippen LogP contribution in [0, 0.1) is 5.92 Å². The van der Waals surface area contributed by atoms with Gasteiger partial charge >= 0.3 is 6.18 Å². The summed E-state index contributed by atoms with van der Waals surface area (Å²) < 4.78 is 68.3. The van der Waals surface area contributed by atoms with E-state index in [0.717, 1.165) is 11.3 Å². The summed E-state index contributed by atoms with van der Waals surface area (Å²) >= 11 is 1.15. The Bertz CT molecular complexity index is 1220. The molecule has 1 amide bonds. The minimum atomic E-state index is -4.83. The molecule has 2 unspecified atom stereocenters. The van der Waals surface area contributed by atoms with Gasteiger partial charge in [-0.2, -0.15) is 17.5 Å². The Morgan fingerprint density at radius 2 is 1.82 bits per heavy atom. The van der Waals surface area contributed by atoms with Crippen LogP contribution in [-0.2, 0) is 20.4 Å². The van der Waals surface area contributed by atoms with Gasteiger partial charge in [0.2, 0.25) is 5.91 Å². The zero-order chi connectivity index (χ0) is 27.9. The number of halogens is 3. The van der Waals surface area contributed by atoms with E-state index in [-0.39, 0.29) is 46.8 Å². The summed E-state index contributed by atoms with van der Waals surface area (Å²) in [7, 11) is -3.71. The number of thiophene rings is 1. The summed E-state index contributed by atoms with van der Waals surface area (Å²) in [5.74, 6) is -0.0439. The summed E-state index contributed by atoms with van der Waals surface area (Å²) in [5.41, 5.74) is -2.66. The second-order valence-electron chi connectivity index (χ2n) is 10.2. The average molecular weight is 575 g/mol.